The lowest BCUT2D eigenvalue weighted by Gasteiger charge is -2.35. The zero-order valence-corrected chi connectivity index (χ0v) is 22.6. The Morgan fingerprint density at radius 1 is 1.14 bits per heavy atom. The van der Waals surface area contributed by atoms with Gasteiger partial charge < -0.3 is 15.1 Å². The van der Waals surface area contributed by atoms with Crippen LogP contribution in [-0.2, 0) is 7.05 Å². The van der Waals surface area contributed by atoms with Crippen LogP contribution in [0.4, 0.5) is 21.8 Å². The fourth-order valence-electron chi connectivity index (χ4n) is 4.64. The molecule has 1 saturated heterocycles. The molecule has 0 atom stereocenters. The van der Waals surface area contributed by atoms with Gasteiger partial charge in [-0.3, -0.25) is 4.79 Å². The fourth-order valence-corrected chi connectivity index (χ4v) is 6.06. The molecule has 0 spiro atoms. The zero-order chi connectivity index (χ0) is 26.3. The van der Waals surface area contributed by atoms with Crippen LogP contribution in [0.3, 0.4) is 0 Å². The second-order valence-corrected chi connectivity index (χ2v) is 10.6. The number of aromatic nitrogens is 5. The Labute approximate surface area is 219 Å². The molecule has 0 unspecified atom stereocenters. The highest BCUT2D eigenvalue weighted by atomic mass is 32.1. The topological polar surface area (TPSA) is 92.1 Å². The Bertz CT molecular complexity index is 1490. The third-order valence-corrected chi connectivity index (χ3v) is 8.14. The van der Waals surface area contributed by atoms with Crippen LogP contribution in [0.25, 0.3) is 20.7 Å². The van der Waals surface area contributed by atoms with Crippen molar-refractivity contribution in [3.63, 3.8) is 0 Å². The number of anilines is 3. The first kappa shape index (κ1) is 25.2. The average Bonchev–Trinajstić information content (AvgIpc) is 3.24. The monoisotopic (exact) mass is 522 g/mol. The lowest BCUT2D eigenvalue weighted by molar-refractivity contribution is 0.271. The molecule has 9 nitrogen and oxygen atoms in total. The van der Waals surface area contributed by atoms with Gasteiger partial charge in [0.05, 0.1) is 38.7 Å². The summed E-state index contributed by atoms with van der Waals surface area (Å²) in [5, 5.41) is 8.11. The first-order chi connectivity index (χ1) is 17.8. The van der Waals surface area contributed by atoms with E-state index < -0.39 is 5.82 Å². The first-order valence-electron chi connectivity index (χ1n) is 12.5. The summed E-state index contributed by atoms with van der Waals surface area (Å²) in [5.41, 5.74) is 2.52. The van der Waals surface area contributed by atoms with Crippen molar-refractivity contribution in [2.24, 2.45) is 7.05 Å². The SMILES string of the molecule is CCN1CCN(c2ccc(Nc3ncc(F)c(-c4sc5c(C(C)C)nn(C)c(=O)c5c4C)n3)nc2)CC1. The summed E-state index contributed by atoms with van der Waals surface area (Å²) >= 11 is 1.34. The van der Waals surface area contributed by atoms with Gasteiger partial charge in [0.25, 0.3) is 5.56 Å². The van der Waals surface area contributed by atoms with Gasteiger partial charge in [-0.1, -0.05) is 20.8 Å². The van der Waals surface area contributed by atoms with Crippen LogP contribution in [0.5, 0.6) is 0 Å². The van der Waals surface area contributed by atoms with Crippen LogP contribution in [0, 0.1) is 12.7 Å². The number of hydrogen-bond donors (Lipinski definition) is 1. The standard InChI is InChI=1S/C26H31FN8OS/c1-6-34-9-11-35(12-10-34)17-7-8-19(28-13-17)30-26-29-14-18(27)22(31-26)23-16(4)20-24(37-23)21(15(2)3)32-33(5)25(20)36/h7-8,13-15H,6,9-12H2,1-5H3,(H,28,29,30,31). The van der Waals surface area contributed by atoms with Gasteiger partial charge in [0.1, 0.15) is 11.5 Å². The molecule has 1 aliphatic rings. The number of nitrogens with one attached hydrogen (secondary N) is 1. The number of piperazine rings is 1. The lowest BCUT2D eigenvalue weighted by atomic mass is 10.1. The van der Waals surface area contributed by atoms with E-state index in [9.17, 15) is 9.18 Å². The number of pyridine rings is 1. The molecule has 5 heterocycles. The van der Waals surface area contributed by atoms with E-state index in [1.807, 2.05) is 39.1 Å². The third kappa shape index (κ3) is 4.80. The molecule has 37 heavy (non-hydrogen) atoms. The predicted octanol–water partition coefficient (Wildman–Crippen LogP) is 4.30. The van der Waals surface area contributed by atoms with Gasteiger partial charge in [-0.05, 0) is 37.1 Å². The molecule has 0 bridgehead atoms. The summed E-state index contributed by atoms with van der Waals surface area (Å²) in [5.74, 6) is 0.366. The molecule has 0 aromatic carbocycles. The summed E-state index contributed by atoms with van der Waals surface area (Å²) in [6.45, 7) is 13.2. The van der Waals surface area contributed by atoms with Crippen molar-refractivity contribution in [1.82, 2.24) is 29.6 Å². The van der Waals surface area contributed by atoms with E-state index >= 15 is 0 Å². The van der Waals surface area contributed by atoms with Crippen molar-refractivity contribution < 1.29 is 4.39 Å². The third-order valence-electron chi connectivity index (χ3n) is 6.82. The van der Waals surface area contributed by atoms with Crippen molar-refractivity contribution in [2.75, 3.05) is 42.9 Å². The van der Waals surface area contributed by atoms with Crippen molar-refractivity contribution >= 4 is 38.9 Å². The molecular weight excluding hydrogens is 491 g/mol. The summed E-state index contributed by atoms with van der Waals surface area (Å²) in [6, 6.07) is 3.90. The van der Waals surface area contributed by atoms with E-state index in [0.717, 1.165) is 55.0 Å². The Morgan fingerprint density at radius 2 is 1.89 bits per heavy atom. The number of likely N-dealkylation sites (N-methyl/N-ethyl adjacent to an activating group) is 1. The maximum atomic E-state index is 15.0. The second-order valence-electron chi connectivity index (χ2n) is 9.57. The fraction of sp³-hybridized carbons (Fsp3) is 0.423. The maximum absolute atomic E-state index is 15.0. The molecule has 0 saturated carbocycles. The number of nitrogens with zero attached hydrogens (tertiary/aromatic N) is 7. The Balaban J connectivity index is 1.43. The normalized spacial score (nSPS) is 14.6. The summed E-state index contributed by atoms with van der Waals surface area (Å²) in [4.78, 5) is 31.4. The number of aryl methyl sites for hydroxylation is 2. The van der Waals surface area contributed by atoms with Crippen LogP contribution in [0.1, 0.15) is 37.9 Å². The van der Waals surface area contributed by atoms with Crippen molar-refractivity contribution in [3.8, 4) is 10.6 Å². The number of rotatable bonds is 6. The van der Waals surface area contributed by atoms with E-state index in [-0.39, 0.29) is 23.1 Å². The smallest absolute Gasteiger partial charge is 0.275 e. The Hall–Kier alpha value is -3.44. The van der Waals surface area contributed by atoms with Gasteiger partial charge in [-0.25, -0.2) is 24.0 Å². The zero-order valence-electron chi connectivity index (χ0n) is 21.7. The first-order valence-corrected chi connectivity index (χ1v) is 13.3. The average molecular weight is 523 g/mol. The molecule has 4 aromatic heterocycles. The van der Waals surface area contributed by atoms with Crippen LogP contribution >= 0.6 is 11.3 Å². The van der Waals surface area contributed by atoms with Gasteiger partial charge in [0, 0.05) is 33.2 Å². The van der Waals surface area contributed by atoms with Crippen LogP contribution in [0.15, 0.2) is 29.3 Å². The highest BCUT2D eigenvalue weighted by molar-refractivity contribution is 7.22. The van der Waals surface area contributed by atoms with Crippen LogP contribution < -0.4 is 15.8 Å². The largest absolute Gasteiger partial charge is 0.368 e. The predicted molar refractivity (Wildman–Crippen MR) is 147 cm³/mol. The minimum atomic E-state index is -0.550. The molecule has 0 radical (unpaired) electrons. The molecule has 194 valence electrons. The highest BCUT2D eigenvalue weighted by Gasteiger charge is 2.23. The molecule has 1 N–H and O–H groups in total. The summed E-state index contributed by atoms with van der Waals surface area (Å²) in [6.07, 6.45) is 2.98. The van der Waals surface area contributed by atoms with Crippen molar-refractivity contribution in [3.05, 3.63) is 52.0 Å². The Morgan fingerprint density at radius 3 is 2.54 bits per heavy atom. The molecule has 11 heteroatoms. The van der Waals surface area contributed by atoms with Crippen LogP contribution in [0.2, 0.25) is 0 Å². The van der Waals surface area contributed by atoms with E-state index in [2.05, 4.69) is 42.1 Å². The number of fused-ring (bicyclic) bond motifs is 1. The molecule has 0 amide bonds. The van der Waals surface area contributed by atoms with Crippen molar-refractivity contribution in [1.29, 1.82) is 0 Å². The van der Waals surface area contributed by atoms with Crippen molar-refractivity contribution in [2.45, 2.75) is 33.6 Å². The minimum Gasteiger partial charge on any atom is -0.368 e. The summed E-state index contributed by atoms with van der Waals surface area (Å²) < 4.78 is 17.1. The van der Waals surface area contributed by atoms with Gasteiger partial charge in [-0.15, -0.1) is 11.3 Å². The molecular formula is C26H31FN8OS. The minimum absolute atomic E-state index is 0.109. The number of thiophene rings is 1. The second kappa shape index (κ2) is 10.1. The molecule has 4 aromatic rings. The highest BCUT2D eigenvalue weighted by Crippen LogP contribution is 2.39. The molecule has 0 aliphatic carbocycles. The van der Waals surface area contributed by atoms with Gasteiger partial charge in [0.2, 0.25) is 5.95 Å². The van der Waals surface area contributed by atoms with E-state index in [4.69, 9.17) is 0 Å². The maximum Gasteiger partial charge on any atom is 0.275 e. The molecule has 5 rings (SSSR count). The van der Waals surface area contributed by atoms with Gasteiger partial charge >= 0.3 is 0 Å². The van der Waals surface area contributed by atoms with E-state index in [1.54, 1.807) is 7.05 Å². The Kier molecular flexibility index (Phi) is 6.91. The summed E-state index contributed by atoms with van der Waals surface area (Å²) in [7, 11) is 1.64. The van der Waals surface area contributed by atoms with Gasteiger partial charge in [-0.2, -0.15) is 5.10 Å². The quantitative estimate of drug-likeness (QED) is 0.401. The van der Waals surface area contributed by atoms with Gasteiger partial charge in [0.15, 0.2) is 5.82 Å². The van der Waals surface area contributed by atoms with E-state index in [1.165, 1.54) is 16.0 Å². The number of halogens is 1. The van der Waals surface area contributed by atoms with Crippen LogP contribution in [-0.4, -0.2) is 62.4 Å². The number of hydrogen-bond acceptors (Lipinski definition) is 9. The molecule has 1 fully saturated rings. The lowest BCUT2D eigenvalue weighted by Crippen LogP contribution is -2.46. The van der Waals surface area contributed by atoms with E-state index in [0.29, 0.717) is 21.6 Å². The molecule has 1 aliphatic heterocycles.